The maximum Gasteiger partial charge on any atom is 0.162 e. The molecule has 1 N–H and O–H groups in total. The lowest BCUT2D eigenvalue weighted by Gasteiger charge is -2.25. The Kier molecular flexibility index (Phi) is 6.47. The zero-order valence-electron chi connectivity index (χ0n) is 18.0. The van der Waals surface area contributed by atoms with E-state index in [1.165, 1.54) is 5.56 Å². The molecule has 0 fully saturated rings. The molecule has 0 aromatic heterocycles. The van der Waals surface area contributed by atoms with Gasteiger partial charge in [0.15, 0.2) is 11.5 Å². The summed E-state index contributed by atoms with van der Waals surface area (Å²) in [6.45, 7) is 1.42. The van der Waals surface area contributed by atoms with Crippen molar-refractivity contribution in [3.8, 4) is 23.0 Å². The van der Waals surface area contributed by atoms with Crippen LogP contribution in [0.1, 0.15) is 22.8 Å². The van der Waals surface area contributed by atoms with E-state index in [0.717, 1.165) is 40.6 Å². The monoisotopic (exact) mass is 437 g/mol. The molecular weight excluding hydrogens is 410 g/mol. The lowest BCUT2D eigenvalue weighted by molar-refractivity contribution is 0.370. The molecule has 1 atom stereocenters. The van der Waals surface area contributed by atoms with Crippen molar-refractivity contribution in [2.24, 2.45) is 0 Å². The van der Waals surface area contributed by atoms with Gasteiger partial charge in [-0.2, -0.15) is 0 Å². The smallest absolute Gasteiger partial charge is 0.162 e. The van der Waals surface area contributed by atoms with E-state index in [0.29, 0.717) is 12.3 Å². The van der Waals surface area contributed by atoms with Gasteiger partial charge in [-0.25, -0.2) is 0 Å². The van der Waals surface area contributed by atoms with Crippen LogP contribution in [0.15, 0.2) is 65.6 Å². The third-order valence-electron chi connectivity index (χ3n) is 5.59. The Hall–Kier alpha value is -2.99. The Bertz CT molecular complexity index is 1060. The molecule has 0 saturated heterocycles. The van der Waals surface area contributed by atoms with E-state index in [2.05, 4.69) is 29.2 Å². The zero-order chi connectivity index (χ0) is 21.8. The minimum Gasteiger partial charge on any atom is -0.504 e. The highest BCUT2D eigenvalue weighted by Crippen LogP contribution is 2.48. The largest absolute Gasteiger partial charge is 0.504 e. The van der Waals surface area contributed by atoms with Gasteiger partial charge >= 0.3 is 0 Å². The molecule has 5 nitrogen and oxygen atoms in total. The molecule has 0 spiro atoms. The fourth-order valence-electron chi connectivity index (χ4n) is 3.96. The van der Waals surface area contributed by atoms with E-state index in [9.17, 15) is 5.11 Å². The fourth-order valence-corrected chi connectivity index (χ4v) is 5.32. The van der Waals surface area contributed by atoms with Crippen molar-refractivity contribution >= 4 is 17.4 Å². The molecule has 3 aromatic carbocycles. The van der Waals surface area contributed by atoms with E-state index in [4.69, 9.17) is 14.2 Å². The van der Waals surface area contributed by atoms with Gasteiger partial charge < -0.3 is 24.2 Å². The highest BCUT2D eigenvalue weighted by atomic mass is 32.2. The first-order chi connectivity index (χ1) is 15.1. The number of methoxy groups -OCH3 is 3. The number of para-hydroxylation sites is 2. The minimum absolute atomic E-state index is 0.193. The number of thioether (sulfide) groups is 1. The van der Waals surface area contributed by atoms with Crippen LogP contribution >= 0.6 is 11.8 Å². The molecule has 1 heterocycles. The summed E-state index contributed by atoms with van der Waals surface area (Å²) in [4.78, 5) is 3.46. The average Bonchev–Trinajstić information content (AvgIpc) is 2.99. The Morgan fingerprint density at radius 3 is 2.48 bits per heavy atom. The maximum absolute atomic E-state index is 10.6. The second-order valence-corrected chi connectivity index (χ2v) is 8.60. The topological polar surface area (TPSA) is 51.2 Å². The van der Waals surface area contributed by atoms with Gasteiger partial charge in [0.2, 0.25) is 0 Å². The number of ether oxygens (including phenoxy) is 3. The Morgan fingerprint density at radius 1 is 0.935 bits per heavy atom. The SMILES string of the molecule is COc1ccc2c(c1)SC(c1ccccc1OC)CCN2Cc1cccc(OC)c1O. The molecule has 4 rings (SSSR count). The van der Waals surface area contributed by atoms with Crippen LogP contribution < -0.4 is 19.1 Å². The first kappa shape index (κ1) is 21.2. The average molecular weight is 438 g/mol. The number of rotatable bonds is 6. The van der Waals surface area contributed by atoms with Crippen molar-refractivity contribution in [3.05, 3.63) is 71.8 Å². The summed E-state index contributed by atoms with van der Waals surface area (Å²) >= 11 is 1.83. The standard InChI is InChI=1S/C25H27NO4S/c1-28-18-11-12-20-24(15-18)31-23(19-8-4-5-9-21(19)29-2)13-14-26(20)16-17-7-6-10-22(30-3)25(17)27/h4-12,15,23,27H,13-14,16H2,1-3H3. The fraction of sp³-hybridized carbons (Fsp3) is 0.280. The summed E-state index contributed by atoms with van der Waals surface area (Å²) < 4.78 is 16.4. The Morgan fingerprint density at radius 2 is 1.71 bits per heavy atom. The molecule has 31 heavy (non-hydrogen) atoms. The summed E-state index contributed by atoms with van der Waals surface area (Å²) in [6, 6.07) is 20.0. The second-order valence-electron chi connectivity index (χ2n) is 7.36. The van der Waals surface area contributed by atoms with Gasteiger partial charge in [0.05, 0.1) is 27.0 Å². The van der Waals surface area contributed by atoms with E-state index in [1.54, 1.807) is 27.4 Å². The second kappa shape index (κ2) is 9.43. The molecule has 1 aliphatic rings. The predicted molar refractivity (Wildman–Crippen MR) is 125 cm³/mol. The normalized spacial score (nSPS) is 15.7. The van der Waals surface area contributed by atoms with Gasteiger partial charge in [-0.05, 0) is 36.8 Å². The number of phenolic OH excluding ortho intramolecular Hbond substituents is 1. The molecule has 0 aliphatic carbocycles. The molecule has 1 unspecified atom stereocenters. The van der Waals surface area contributed by atoms with Crippen LogP contribution in [0.25, 0.3) is 0 Å². The van der Waals surface area contributed by atoms with Crippen molar-refractivity contribution in [3.63, 3.8) is 0 Å². The van der Waals surface area contributed by atoms with Crippen LogP contribution in [0.4, 0.5) is 5.69 Å². The van der Waals surface area contributed by atoms with E-state index < -0.39 is 0 Å². The molecular formula is C25H27NO4S. The summed E-state index contributed by atoms with van der Waals surface area (Å²) in [5.41, 5.74) is 3.15. The first-order valence-electron chi connectivity index (χ1n) is 10.2. The maximum atomic E-state index is 10.6. The van der Waals surface area contributed by atoms with Gasteiger partial charge in [0, 0.05) is 34.4 Å². The molecule has 0 saturated carbocycles. The molecule has 162 valence electrons. The Labute approximate surface area is 187 Å². The van der Waals surface area contributed by atoms with Crippen LogP contribution in [-0.4, -0.2) is 33.0 Å². The number of hydrogen-bond donors (Lipinski definition) is 1. The van der Waals surface area contributed by atoms with Crippen molar-refractivity contribution in [1.82, 2.24) is 0 Å². The molecule has 6 heteroatoms. The summed E-state index contributed by atoms with van der Waals surface area (Å²) in [7, 11) is 4.97. The van der Waals surface area contributed by atoms with Crippen molar-refractivity contribution < 1.29 is 19.3 Å². The zero-order valence-corrected chi connectivity index (χ0v) is 18.8. The van der Waals surface area contributed by atoms with Crippen LogP contribution in [0, 0.1) is 0 Å². The third-order valence-corrected chi connectivity index (χ3v) is 6.94. The third kappa shape index (κ3) is 4.39. The van der Waals surface area contributed by atoms with Gasteiger partial charge in [-0.1, -0.05) is 30.3 Å². The summed E-state index contributed by atoms with van der Waals surface area (Å²) in [5.74, 6) is 2.42. The number of nitrogens with zero attached hydrogens (tertiary/aromatic N) is 1. The van der Waals surface area contributed by atoms with Crippen LogP contribution in [0.5, 0.6) is 23.0 Å². The van der Waals surface area contributed by atoms with Crippen LogP contribution in [0.2, 0.25) is 0 Å². The lowest BCUT2D eigenvalue weighted by atomic mass is 10.1. The molecule has 0 amide bonds. The first-order valence-corrected chi connectivity index (χ1v) is 11.1. The number of phenols is 1. The van der Waals surface area contributed by atoms with E-state index in [1.807, 2.05) is 42.1 Å². The van der Waals surface area contributed by atoms with Crippen molar-refractivity contribution in [1.29, 1.82) is 0 Å². The Balaban J connectivity index is 1.71. The predicted octanol–water partition coefficient (Wildman–Crippen LogP) is 5.66. The number of benzene rings is 3. The van der Waals surface area contributed by atoms with Gasteiger partial charge in [-0.15, -0.1) is 11.8 Å². The van der Waals surface area contributed by atoms with Crippen LogP contribution in [0.3, 0.4) is 0 Å². The quantitative estimate of drug-likeness (QED) is 0.537. The van der Waals surface area contributed by atoms with Crippen molar-refractivity contribution in [2.75, 3.05) is 32.8 Å². The number of aromatic hydroxyl groups is 1. The molecule has 1 aliphatic heterocycles. The van der Waals surface area contributed by atoms with Crippen LogP contribution in [-0.2, 0) is 6.54 Å². The number of anilines is 1. The number of fused-ring (bicyclic) bond motifs is 1. The van der Waals surface area contributed by atoms with Gasteiger partial charge in [-0.3, -0.25) is 0 Å². The highest BCUT2D eigenvalue weighted by Gasteiger charge is 2.26. The molecule has 0 radical (unpaired) electrons. The lowest BCUT2D eigenvalue weighted by Crippen LogP contribution is -2.24. The number of hydrogen-bond acceptors (Lipinski definition) is 6. The summed E-state index contributed by atoms with van der Waals surface area (Å²) in [6.07, 6.45) is 0.937. The minimum atomic E-state index is 0.193. The molecule has 0 bridgehead atoms. The van der Waals surface area contributed by atoms with Gasteiger partial charge in [0.25, 0.3) is 0 Å². The van der Waals surface area contributed by atoms with E-state index in [-0.39, 0.29) is 11.0 Å². The van der Waals surface area contributed by atoms with Gasteiger partial charge in [0.1, 0.15) is 11.5 Å². The van der Waals surface area contributed by atoms with E-state index >= 15 is 0 Å². The highest BCUT2D eigenvalue weighted by molar-refractivity contribution is 7.99. The summed E-state index contributed by atoms with van der Waals surface area (Å²) in [5, 5.41) is 10.9. The van der Waals surface area contributed by atoms with Crippen molar-refractivity contribution in [2.45, 2.75) is 23.1 Å². The molecule has 3 aromatic rings.